The normalized spacial score (nSPS) is 25.4. The minimum Gasteiger partial charge on any atom is -0.360 e. The topological polar surface area (TPSA) is 35.6 Å². The second-order valence-electron chi connectivity index (χ2n) is 7.27. The molecule has 0 radical (unpaired) electrons. The standard InChI is InChI=1S/C21H21ClFN3O/c1-14-24-21(17-10-16(23)8-9-19(17)22)13-26(11-15-6-4-3-5-7-15)12-18(21)20(27)25(14)2/h3-10,18,24H,1,11-13H2,2H3/t18-,21+/m0/s1. The van der Waals surface area contributed by atoms with Crippen molar-refractivity contribution in [1.29, 1.82) is 0 Å². The summed E-state index contributed by atoms with van der Waals surface area (Å²) in [7, 11) is 1.70. The van der Waals surface area contributed by atoms with Crippen molar-refractivity contribution >= 4 is 17.5 Å². The van der Waals surface area contributed by atoms with Crippen LogP contribution in [0.1, 0.15) is 11.1 Å². The third kappa shape index (κ3) is 3.01. The highest BCUT2D eigenvalue weighted by atomic mass is 35.5. The number of fused-ring (bicyclic) bond motifs is 1. The lowest BCUT2D eigenvalue weighted by molar-refractivity contribution is -0.137. The van der Waals surface area contributed by atoms with Crippen LogP contribution < -0.4 is 5.32 Å². The molecule has 6 heteroatoms. The summed E-state index contributed by atoms with van der Waals surface area (Å²) in [4.78, 5) is 16.8. The third-order valence-corrected chi connectivity index (χ3v) is 5.90. The molecule has 27 heavy (non-hydrogen) atoms. The van der Waals surface area contributed by atoms with E-state index in [-0.39, 0.29) is 17.6 Å². The van der Waals surface area contributed by atoms with Gasteiger partial charge in [0, 0.05) is 37.3 Å². The highest BCUT2D eigenvalue weighted by Crippen LogP contribution is 2.44. The van der Waals surface area contributed by atoms with E-state index in [1.54, 1.807) is 13.1 Å². The van der Waals surface area contributed by atoms with Crippen molar-refractivity contribution < 1.29 is 9.18 Å². The molecular formula is C21H21ClFN3O. The zero-order valence-electron chi connectivity index (χ0n) is 15.1. The van der Waals surface area contributed by atoms with Crippen LogP contribution in [0.3, 0.4) is 0 Å². The molecule has 2 aromatic rings. The highest BCUT2D eigenvalue weighted by Gasteiger charge is 2.56. The van der Waals surface area contributed by atoms with Gasteiger partial charge in [-0.25, -0.2) is 4.39 Å². The van der Waals surface area contributed by atoms with Crippen molar-refractivity contribution in [2.24, 2.45) is 5.92 Å². The number of halogens is 2. The van der Waals surface area contributed by atoms with Gasteiger partial charge in [-0.1, -0.05) is 48.5 Å². The molecule has 4 nitrogen and oxygen atoms in total. The van der Waals surface area contributed by atoms with Gasteiger partial charge in [-0.3, -0.25) is 9.69 Å². The monoisotopic (exact) mass is 385 g/mol. The molecule has 2 saturated heterocycles. The Morgan fingerprint density at radius 2 is 2.04 bits per heavy atom. The first-order chi connectivity index (χ1) is 12.9. The van der Waals surface area contributed by atoms with Gasteiger partial charge >= 0.3 is 0 Å². The van der Waals surface area contributed by atoms with Crippen LogP contribution in [-0.2, 0) is 16.9 Å². The van der Waals surface area contributed by atoms with E-state index in [0.717, 1.165) is 5.56 Å². The Balaban J connectivity index is 1.76. The Morgan fingerprint density at radius 3 is 2.78 bits per heavy atom. The average Bonchev–Trinajstić information content (AvgIpc) is 3.01. The molecule has 0 spiro atoms. The van der Waals surface area contributed by atoms with E-state index in [1.165, 1.54) is 17.0 Å². The second kappa shape index (κ2) is 6.66. The number of hydrogen-bond donors (Lipinski definition) is 1. The van der Waals surface area contributed by atoms with Crippen molar-refractivity contribution in [3.63, 3.8) is 0 Å². The Bertz CT molecular complexity index is 904. The fourth-order valence-electron chi connectivity index (χ4n) is 4.21. The lowest BCUT2D eigenvalue weighted by Gasteiger charge is -2.45. The molecule has 1 amide bonds. The summed E-state index contributed by atoms with van der Waals surface area (Å²) in [5, 5.41) is 3.83. The van der Waals surface area contributed by atoms with E-state index in [1.807, 2.05) is 18.2 Å². The quantitative estimate of drug-likeness (QED) is 0.880. The van der Waals surface area contributed by atoms with Gasteiger partial charge in [-0.05, 0) is 23.8 Å². The molecule has 0 saturated carbocycles. The van der Waals surface area contributed by atoms with Gasteiger partial charge in [0.2, 0.25) is 5.91 Å². The molecule has 2 atom stereocenters. The van der Waals surface area contributed by atoms with Gasteiger partial charge in [0.15, 0.2) is 0 Å². The van der Waals surface area contributed by atoms with Gasteiger partial charge in [0.25, 0.3) is 0 Å². The van der Waals surface area contributed by atoms with E-state index in [2.05, 4.69) is 28.9 Å². The maximum atomic E-state index is 14.1. The number of carbonyl (C=O) groups is 1. The predicted octanol–water partition coefficient (Wildman–Crippen LogP) is 3.34. The first-order valence-electron chi connectivity index (χ1n) is 8.87. The number of benzene rings is 2. The smallest absolute Gasteiger partial charge is 0.234 e. The molecule has 1 N–H and O–H groups in total. The number of nitrogens with one attached hydrogen (secondary N) is 1. The molecule has 4 rings (SSSR count). The van der Waals surface area contributed by atoms with Crippen LogP contribution >= 0.6 is 11.6 Å². The molecule has 2 aliphatic heterocycles. The Hall–Kier alpha value is -2.37. The van der Waals surface area contributed by atoms with Crippen molar-refractivity contribution in [1.82, 2.24) is 15.1 Å². The summed E-state index contributed by atoms with van der Waals surface area (Å²) in [6.07, 6.45) is 0. The zero-order valence-corrected chi connectivity index (χ0v) is 15.8. The summed E-state index contributed by atoms with van der Waals surface area (Å²) in [6.45, 7) is 5.78. The maximum absolute atomic E-state index is 14.1. The van der Waals surface area contributed by atoms with Crippen LogP contribution in [-0.4, -0.2) is 35.8 Å². The maximum Gasteiger partial charge on any atom is 0.234 e. The molecule has 2 fully saturated rings. The van der Waals surface area contributed by atoms with Crippen LogP contribution in [0.25, 0.3) is 0 Å². The molecule has 0 bridgehead atoms. The van der Waals surface area contributed by atoms with Gasteiger partial charge in [-0.2, -0.15) is 0 Å². The fraction of sp³-hybridized carbons (Fsp3) is 0.286. The number of rotatable bonds is 3. The summed E-state index contributed by atoms with van der Waals surface area (Å²) >= 11 is 6.45. The SMILES string of the molecule is C=C1N[C@@]2(c3cc(F)ccc3Cl)CN(Cc3ccccc3)C[C@H]2C(=O)N1C. The molecular weight excluding hydrogens is 365 g/mol. The van der Waals surface area contributed by atoms with Gasteiger partial charge in [0.05, 0.1) is 11.5 Å². The summed E-state index contributed by atoms with van der Waals surface area (Å²) in [5.74, 6) is -0.286. The first-order valence-corrected chi connectivity index (χ1v) is 9.25. The first kappa shape index (κ1) is 18.0. The van der Waals surface area contributed by atoms with Crippen molar-refractivity contribution in [2.75, 3.05) is 20.1 Å². The Kier molecular flexibility index (Phi) is 4.44. The fourth-order valence-corrected chi connectivity index (χ4v) is 4.49. The predicted molar refractivity (Wildman–Crippen MR) is 103 cm³/mol. The molecule has 0 aromatic heterocycles. The highest BCUT2D eigenvalue weighted by molar-refractivity contribution is 6.31. The number of hydrogen-bond acceptors (Lipinski definition) is 3. The molecule has 140 valence electrons. The average molecular weight is 386 g/mol. The van der Waals surface area contributed by atoms with E-state index < -0.39 is 5.54 Å². The lowest BCUT2D eigenvalue weighted by Crippen LogP contribution is -2.60. The Morgan fingerprint density at radius 1 is 1.30 bits per heavy atom. The van der Waals surface area contributed by atoms with E-state index in [9.17, 15) is 9.18 Å². The van der Waals surface area contributed by atoms with Gasteiger partial charge < -0.3 is 10.2 Å². The third-order valence-electron chi connectivity index (χ3n) is 5.57. The van der Waals surface area contributed by atoms with E-state index in [0.29, 0.717) is 36.0 Å². The number of likely N-dealkylation sites (tertiary alicyclic amines) is 1. The van der Waals surface area contributed by atoms with E-state index >= 15 is 0 Å². The number of nitrogens with zero attached hydrogens (tertiary/aromatic N) is 2. The van der Waals surface area contributed by atoms with Crippen molar-refractivity contribution in [3.05, 3.63) is 82.9 Å². The summed E-state index contributed by atoms with van der Waals surface area (Å²) < 4.78 is 14.1. The van der Waals surface area contributed by atoms with Crippen LogP contribution in [0.4, 0.5) is 4.39 Å². The zero-order chi connectivity index (χ0) is 19.2. The molecule has 2 aliphatic rings. The lowest BCUT2D eigenvalue weighted by atomic mass is 9.78. The van der Waals surface area contributed by atoms with Crippen molar-refractivity contribution in [3.8, 4) is 0 Å². The van der Waals surface area contributed by atoms with Crippen LogP contribution in [0, 0.1) is 11.7 Å². The molecule has 2 aromatic carbocycles. The van der Waals surface area contributed by atoms with Gasteiger partial charge in [0.1, 0.15) is 11.6 Å². The van der Waals surface area contributed by atoms with Gasteiger partial charge in [-0.15, -0.1) is 0 Å². The molecule has 2 heterocycles. The largest absolute Gasteiger partial charge is 0.360 e. The van der Waals surface area contributed by atoms with Crippen LogP contribution in [0.5, 0.6) is 0 Å². The van der Waals surface area contributed by atoms with Crippen molar-refractivity contribution in [2.45, 2.75) is 12.1 Å². The number of carbonyl (C=O) groups excluding carboxylic acids is 1. The minimum atomic E-state index is -0.797. The summed E-state index contributed by atoms with van der Waals surface area (Å²) in [5.41, 5.74) is 0.970. The van der Waals surface area contributed by atoms with Crippen LogP contribution in [0.15, 0.2) is 60.9 Å². The second-order valence-corrected chi connectivity index (χ2v) is 7.68. The number of amides is 1. The molecule has 0 aliphatic carbocycles. The Labute approximate surface area is 163 Å². The van der Waals surface area contributed by atoms with Crippen LogP contribution in [0.2, 0.25) is 5.02 Å². The summed E-state index contributed by atoms with van der Waals surface area (Å²) in [6, 6.07) is 14.4. The minimum absolute atomic E-state index is 0.0327. The van der Waals surface area contributed by atoms with E-state index in [4.69, 9.17) is 11.6 Å². The molecule has 0 unspecified atom stereocenters.